The fourth-order valence-electron chi connectivity index (χ4n) is 1.81. The number of anilines is 1. The van der Waals surface area contributed by atoms with Gasteiger partial charge in [0.1, 0.15) is 17.8 Å². The van der Waals surface area contributed by atoms with Crippen molar-refractivity contribution in [2.24, 2.45) is 11.7 Å². The highest BCUT2D eigenvalue weighted by molar-refractivity contribution is 5.94. The van der Waals surface area contributed by atoms with Gasteiger partial charge in [0.05, 0.1) is 0 Å². The van der Waals surface area contributed by atoms with E-state index in [2.05, 4.69) is 9.97 Å². The van der Waals surface area contributed by atoms with Crippen LogP contribution < -0.4 is 10.6 Å². The SMILES string of the molecule is NCC1CC(=O)N(c2cc(C(F)(F)F)ncn2)C1. The Balaban J connectivity index is 2.27. The van der Waals surface area contributed by atoms with Gasteiger partial charge in [-0.15, -0.1) is 0 Å². The van der Waals surface area contributed by atoms with Crippen LogP contribution in [-0.2, 0) is 11.0 Å². The molecule has 0 saturated carbocycles. The molecule has 0 radical (unpaired) electrons. The summed E-state index contributed by atoms with van der Waals surface area (Å²) in [6.45, 7) is 0.614. The topological polar surface area (TPSA) is 72.1 Å². The van der Waals surface area contributed by atoms with Gasteiger partial charge < -0.3 is 5.73 Å². The lowest BCUT2D eigenvalue weighted by molar-refractivity contribution is -0.141. The summed E-state index contributed by atoms with van der Waals surface area (Å²) in [6, 6.07) is 0.775. The van der Waals surface area contributed by atoms with E-state index >= 15 is 0 Å². The van der Waals surface area contributed by atoms with Gasteiger partial charge in [-0.1, -0.05) is 0 Å². The summed E-state index contributed by atoms with van der Waals surface area (Å²) >= 11 is 0. The predicted molar refractivity (Wildman–Crippen MR) is 56.5 cm³/mol. The smallest absolute Gasteiger partial charge is 0.330 e. The number of amides is 1. The highest BCUT2D eigenvalue weighted by Gasteiger charge is 2.35. The van der Waals surface area contributed by atoms with Crippen LogP contribution in [0.2, 0.25) is 0 Å². The van der Waals surface area contributed by atoms with E-state index < -0.39 is 11.9 Å². The molecule has 0 aliphatic carbocycles. The number of hydrogen-bond donors (Lipinski definition) is 1. The van der Waals surface area contributed by atoms with E-state index in [4.69, 9.17) is 5.73 Å². The summed E-state index contributed by atoms with van der Waals surface area (Å²) in [5.41, 5.74) is 4.39. The molecule has 2 rings (SSSR count). The van der Waals surface area contributed by atoms with E-state index in [0.29, 0.717) is 13.1 Å². The molecule has 1 aromatic heterocycles. The van der Waals surface area contributed by atoms with Crippen LogP contribution in [0.4, 0.5) is 19.0 Å². The number of alkyl halides is 3. The van der Waals surface area contributed by atoms with E-state index in [1.807, 2.05) is 0 Å². The molecule has 0 spiro atoms. The number of nitrogens with two attached hydrogens (primary N) is 1. The van der Waals surface area contributed by atoms with E-state index in [1.165, 1.54) is 4.90 Å². The predicted octanol–water partition coefficient (Wildman–Crippen LogP) is 0.807. The Morgan fingerprint density at radius 3 is 2.72 bits per heavy atom. The summed E-state index contributed by atoms with van der Waals surface area (Å²) < 4.78 is 37.4. The Hall–Kier alpha value is -1.70. The van der Waals surface area contributed by atoms with Crippen LogP contribution in [0, 0.1) is 5.92 Å². The fraction of sp³-hybridized carbons (Fsp3) is 0.500. The zero-order valence-corrected chi connectivity index (χ0v) is 9.31. The third kappa shape index (κ3) is 2.42. The van der Waals surface area contributed by atoms with E-state index in [1.54, 1.807) is 0 Å². The minimum absolute atomic E-state index is 0.0294. The van der Waals surface area contributed by atoms with Crippen molar-refractivity contribution in [3.8, 4) is 0 Å². The third-order valence-corrected chi connectivity index (χ3v) is 2.76. The second-order valence-electron chi connectivity index (χ2n) is 4.07. The number of halogens is 3. The fourth-order valence-corrected chi connectivity index (χ4v) is 1.81. The summed E-state index contributed by atoms with van der Waals surface area (Å²) in [6.07, 6.45) is -3.50. The van der Waals surface area contributed by atoms with Crippen molar-refractivity contribution in [2.45, 2.75) is 12.6 Å². The standard InChI is InChI=1S/C10H11F3N4O/c11-10(12,13)7-2-8(16-5-15-7)17-4-6(3-14)1-9(17)18/h2,5-6H,1,3-4,14H2. The van der Waals surface area contributed by atoms with Crippen LogP contribution in [-0.4, -0.2) is 29.0 Å². The molecule has 5 nitrogen and oxygen atoms in total. The maximum absolute atomic E-state index is 12.5. The highest BCUT2D eigenvalue weighted by atomic mass is 19.4. The Morgan fingerprint density at radius 1 is 1.44 bits per heavy atom. The van der Waals surface area contributed by atoms with Gasteiger partial charge in [-0.05, 0) is 12.5 Å². The van der Waals surface area contributed by atoms with Crippen LogP contribution in [0.1, 0.15) is 12.1 Å². The molecule has 1 aliphatic rings. The van der Waals surface area contributed by atoms with Gasteiger partial charge in [-0.3, -0.25) is 9.69 Å². The number of nitrogens with zero attached hydrogens (tertiary/aromatic N) is 3. The van der Waals surface area contributed by atoms with E-state index in [-0.39, 0.29) is 24.1 Å². The molecule has 98 valence electrons. The number of carbonyl (C=O) groups is 1. The first kappa shape index (κ1) is 12.7. The van der Waals surface area contributed by atoms with Gasteiger partial charge in [0, 0.05) is 19.0 Å². The molecule has 0 aromatic carbocycles. The van der Waals surface area contributed by atoms with Crippen molar-refractivity contribution >= 4 is 11.7 Å². The van der Waals surface area contributed by atoms with Crippen molar-refractivity contribution in [2.75, 3.05) is 18.0 Å². The molecule has 0 bridgehead atoms. The van der Waals surface area contributed by atoms with Gasteiger partial charge in [0.25, 0.3) is 0 Å². The number of carbonyl (C=O) groups excluding carboxylic acids is 1. The number of aromatic nitrogens is 2. The molecule has 2 heterocycles. The lowest BCUT2D eigenvalue weighted by Gasteiger charge is -2.16. The largest absolute Gasteiger partial charge is 0.433 e. The van der Waals surface area contributed by atoms with Gasteiger partial charge >= 0.3 is 6.18 Å². The molecule has 1 atom stereocenters. The first-order valence-corrected chi connectivity index (χ1v) is 5.31. The second kappa shape index (κ2) is 4.52. The Labute approximate surface area is 101 Å². The monoisotopic (exact) mass is 260 g/mol. The quantitative estimate of drug-likeness (QED) is 0.854. The normalized spacial score (nSPS) is 20.6. The maximum Gasteiger partial charge on any atom is 0.433 e. The Morgan fingerprint density at radius 2 is 2.17 bits per heavy atom. The summed E-state index contributed by atoms with van der Waals surface area (Å²) in [4.78, 5) is 19.7. The number of hydrogen-bond acceptors (Lipinski definition) is 4. The maximum atomic E-state index is 12.5. The Bertz CT molecular complexity index is 463. The molecule has 1 fully saturated rings. The molecule has 1 aromatic rings. The zero-order chi connectivity index (χ0) is 13.3. The van der Waals surface area contributed by atoms with Crippen LogP contribution in [0.25, 0.3) is 0 Å². The Kier molecular flexibility index (Phi) is 3.20. The van der Waals surface area contributed by atoms with Crippen LogP contribution in [0.3, 0.4) is 0 Å². The molecular formula is C10H11F3N4O. The van der Waals surface area contributed by atoms with E-state index in [0.717, 1.165) is 12.4 Å². The molecule has 1 unspecified atom stereocenters. The average molecular weight is 260 g/mol. The molecule has 1 aliphatic heterocycles. The summed E-state index contributed by atoms with van der Waals surface area (Å²) in [5, 5.41) is 0. The first-order valence-electron chi connectivity index (χ1n) is 5.31. The van der Waals surface area contributed by atoms with E-state index in [9.17, 15) is 18.0 Å². The van der Waals surface area contributed by atoms with Gasteiger partial charge in [-0.25, -0.2) is 9.97 Å². The third-order valence-electron chi connectivity index (χ3n) is 2.76. The lowest BCUT2D eigenvalue weighted by atomic mass is 10.1. The van der Waals surface area contributed by atoms with Gasteiger partial charge in [0.15, 0.2) is 0 Å². The first-order chi connectivity index (χ1) is 8.41. The average Bonchev–Trinajstić information content (AvgIpc) is 2.70. The highest BCUT2D eigenvalue weighted by Crippen LogP contribution is 2.30. The molecule has 1 amide bonds. The molecule has 2 N–H and O–H groups in total. The minimum atomic E-state index is -4.55. The van der Waals surface area contributed by atoms with Crippen molar-refractivity contribution in [1.29, 1.82) is 0 Å². The van der Waals surface area contributed by atoms with Crippen molar-refractivity contribution in [1.82, 2.24) is 9.97 Å². The molecule has 1 saturated heterocycles. The molecule has 8 heteroatoms. The van der Waals surface area contributed by atoms with Crippen LogP contribution in [0.5, 0.6) is 0 Å². The summed E-state index contributed by atoms with van der Waals surface area (Å²) in [7, 11) is 0. The van der Waals surface area contributed by atoms with Gasteiger partial charge in [-0.2, -0.15) is 13.2 Å². The number of rotatable bonds is 2. The van der Waals surface area contributed by atoms with Crippen LogP contribution in [0.15, 0.2) is 12.4 Å². The summed E-state index contributed by atoms with van der Waals surface area (Å²) in [5.74, 6) is -0.336. The zero-order valence-electron chi connectivity index (χ0n) is 9.31. The molecular weight excluding hydrogens is 249 g/mol. The van der Waals surface area contributed by atoms with Crippen molar-refractivity contribution in [3.05, 3.63) is 18.1 Å². The second-order valence-corrected chi connectivity index (χ2v) is 4.07. The van der Waals surface area contributed by atoms with Crippen molar-refractivity contribution < 1.29 is 18.0 Å². The lowest BCUT2D eigenvalue weighted by Crippen LogP contribution is -2.27. The molecule has 18 heavy (non-hydrogen) atoms. The van der Waals surface area contributed by atoms with Crippen LogP contribution >= 0.6 is 0 Å². The van der Waals surface area contributed by atoms with Crippen molar-refractivity contribution in [3.63, 3.8) is 0 Å². The minimum Gasteiger partial charge on any atom is -0.330 e. The van der Waals surface area contributed by atoms with Gasteiger partial charge in [0.2, 0.25) is 5.91 Å².